The zero-order valence-electron chi connectivity index (χ0n) is 19.1. The van der Waals surface area contributed by atoms with Crippen LogP contribution in [0.25, 0.3) is 11.1 Å². The number of carbonyl (C=O) groups excluding carboxylic acids is 2. The van der Waals surface area contributed by atoms with Crippen LogP contribution in [0.5, 0.6) is 0 Å². The number of carboxylic acid groups (broad SMARTS) is 1. The lowest BCUT2D eigenvalue weighted by Crippen LogP contribution is -2.51. The van der Waals surface area contributed by atoms with Crippen molar-refractivity contribution in [3.05, 3.63) is 59.7 Å². The van der Waals surface area contributed by atoms with Crippen molar-refractivity contribution in [2.45, 2.75) is 56.7 Å². The summed E-state index contributed by atoms with van der Waals surface area (Å²) in [7, 11) is 0. The molecule has 2 amide bonds. The molecule has 180 valence electrons. The molecule has 0 saturated heterocycles. The smallest absolute Gasteiger partial charge is 0.407 e. The number of aliphatic carboxylic acids is 1. The lowest BCUT2D eigenvalue weighted by molar-refractivity contribution is -0.145. The summed E-state index contributed by atoms with van der Waals surface area (Å²) >= 11 is 0. The lowest BCUT2D eigenvalue weighted by Gasteiger charge is -2.30. The van der Waals surface area contributed by atoms with E-state index < -0.39 is 36.0 Å². The first-order valence-electron chi connectivity index (χ1n) is 11.7. The molecule has 4 atom stereocenters. The fraction of sp³-hybridized carbons (Fsp3) is 0.423. The highest BCUT2D eigenvalue weighted by Crippen LogP contribution is 2.44. The maximum atomic E-state index is 12.6. The number of aliphatic hydroxyl groups is 1. The van der Waals surface area contributed by atoms with Gasteiger partial charge in [0, 0.05) is 17.9 Å². The first-order chi connectivity index (χ1) is 16.3. The summed E-state index contributed by atoms with van der Waals surface area (Å²) in [5.74, 6) is -2.18. The molecule has 0 aromatic heterocycles. The monoisotopic (exact) mass is 466 g/mol. The van der Waals surface area contributed by atoms with Crippen LogP contribution in [-0.2, 0) is 14.3 Å². The maximum absolute atomic E-state index is 12.6. The Hall–Kier alpha value is -3.39. The summed E-state index contributed by atoms with van der Waals surface area (Å²) in [6.07, 6.45) is 0.689. The second-order valence-electron chi connectivity index (χ2n) is 9.10. The molecule has 4 rings (SSSR count). The maximum Gasteiger partial charge on any atom is 0.407 e. The van der Waals surface area contributed by atoms with E-state index in [0.717, 1.165) is 28.7 Å². The molecule has 0 aliphatic heterocycles. The van der Waals surface area contributed by atoms with Gasteiger partial charge in [-0.2, -0.15) is 0 Å². The van der Waals surface area contributed by atoms with E-state index >= 15 is 0 Å². The van der Waals surface area contributed by atoms with Gasteiger partial charge in [0.15, 0.2) is 6.04 Å². The number of amides is 2. The number of fused-ring (bicyclic) bond motifs is 3. The molecule has 0 bridgehead atoms. The SMILES string of the molecule is C[C@@H](O)[C@H](NC(=O)[C@@H]1CCC[C@H](NC(=O)OCC2c3ccccc3-c3ccccc32)C1)C(=O)O. The Morgan fingerprint density at radius 1 is 1.03 bits per heavy atom. The lowest BCUT2D eigenvalue weighted by atomic mass is 9.85. The van der Waals surface area contributed by atoms with E-state index in [-0.39, 0.29) is 18.6 Å². The summed E-state index contributed by atoms with van der Waals surface area (Å²) in [4.78, 5) is 36.4. The standard InChI is InChI=1S/C26H30N2O6/c1-15(29)23(25(31)32)28-24(30)16-7-6-8-17(13-16)27-26(33)34-14-22-20-11-4-2-9-18(20)19-10-3-5-12-21(19)22/h2-5,9-12,15-17,22-23,29H,6-8,13-14H2,1H3,(H,27,33)(H,28,30)(H,31,32)/t15-,16-,17+,23+/m1/s1. The number of nitrogens with one attached hydrogen (secondary N) is 2. The van der Waals surface area contributed by atoms with E-state index in [1.807, 2.05) is 24.3 Å². The van der Waals surface area contributed by atoms with Crippen molar-refractivity contribution in [2.75, 3.05) is 6.61 Å². The molecule has 2 aliphatic carbocycles. The van der Waals surface area contributed by atoms with Gasteiger partial charge in [-0.1, -0.05) is 55.0 Å². The van der Waals surface area contributed by atoms with E-state index in [2.05, 4.69) is 34.9 Å². The molecule has 2 aromatic rings. The Bertz CT molecular complexity index is 1020. The minimum atomic E-state index is -1.36. The average Bonchev–Trinajstić information content (AvgIpc) is 3.14. The Morgan fingerprint density at radius 3 is 2.24 bits per heavy atom. The zero-order chi connectivity index (χ0) is 24.2. The topological polar surface area (TPSA) is 125 Å². The van der Waals surface area contributed by atoms with Crippen LogP contribution in [-0.4, -0.2) is 53.0 Å². The number of ether oxygens (including phenoxy) is 1. The number of aliphatic hydroxyl groups excluding tert-OH is 1. The van der Waals surface area contributed by atoms with Gasteiger partial charge in [-0.15, -0.1) is 0 Å². The van der Waals surface area contributed by atoms with Gasteiger partial charge in [0.2, 0.25) is 5.91 Å². The van der Waals surface area contributed by atoms with Gasteiger partial charge in [-0.05, 0) is 48.4 Å². The van der Waals surface area contributed by atoms with Crippen molar-refractivity contribution >= 4 is 18.0 Å². The third-order valence-corrected chi connectivity index (χ3v) is 6.76. The van der Waals surface area contributed by atoms with Gasteiger partial charge >= 0.3 is 12.1 Å². The molecule has 34 heavy (non-hydrogen) atoms. The summed E-state index contributed by atoms with van der Waals surface area (Å²) in [5.41, 5.74) is 4.59. The van der Waals surface area contributed by atoms with Crippen LogP contribution in [0.3, 0.4) is 0 Å². The number of hydrogen-bond acceptors (Lipinski definition) is 5. The summed E-state index contributed by atoms with van der Waals surface area (Å²) in [6.45, 7) is 1.53. The molecule has 1 fully saturated rings. The largest absolute Gasteiger partial charge is 0.480 e. The molecular weight excluding hydrogens is 436 g/mol. The molecule has 8 nitrogen and oxygen atoms in total. The van der Waals surface area contributed by atoms with Gasteiger partial charge in [-0.25, -0.2) is 9.59 Å². The predicted octanol–water partition coefficient (Wildman–Crippen LogP) is 3.03. The summed E-state index contributed by atoms with van der Waals surface area (Å²) in [6, 6.07) is 14.6. The first kappa shape index (κ1) is 23.8. The van der Waals surface area contributed by atoms with Crippen LogP contribution >= 0.6 is 0 Å². The number of carbonyl (C=O) groups is 3. The Labute approximate surface area is 198 Å². The molecular formula is C26H30N2O6. The van der Waals surface area contributed by atoms with Crippen LogP contribution in [0.15, 0.2) is 48.5 Å². The predicted molar refractivity (Wildman–Crippen MR) is 125 cm³/mol. The molecule has 8 heteroatoms. The van der Waals surface area contributed by atoms with Gasteiger partial charge in [0.1, 0.15) is 6.61 Å². The van der Waals surface area contributed by atoms with Crippen molar-refractivity contribution in [3.8, 4) is 11.1 Å². The van der Waals surface area contributed by atoms with Crippen LogP contribution in [0.4, 0.5) is 4.79 Å². The third-order valence-electron chi connectivity index (χ3n) is 6.76. The highest BCUT2D eigenvalue weighted by atomic mass is 16.5. The normalized spacial score (nSPS) is 21.0. The van der Waals surface area contributed by atoms with Crippen LogP contribution < -0.4 is 10.6 Å². The molecule has 0 unspecified atom stereocenters. The highest BCUT2D eigenvalue weighted by molar-refractivity contribution is 5.85. The van der Waals surface area contributed by atoms with Crippen molar-refractivity contribution in [1.29, 1.82) is 0 Å². The molecule has 2 aromatic carbocycles. The minimum absolute atomic E-state index is 0.0311. The second kappa shape index (κ2) is 10.3. The number of hydrogen-bond donors (Lipinski definition) is 4. The molecule has 4 N–H and O–H groups in total. The third kappa shape index (κ3) is 5.07. The van der Waals surface area contributed by atoms with Gasteiger partial charge in [0.25, 0.3) is 0 Å². The van der Waals surface area contributed by atoms with Crippen molar-refractivity contribution in [1.82, 2.24) is 10.6 Å². The fourth-order valence-electron chi connectivity index (χ4n) is 5.03. The quantitative estimate of drug-likeness (QED) is 0.497. The molecule has 0 heterocycles. The van der Waals surface area contributed by atoms with E-state index in [1.165, 1.54) is 6.92 Å². The number of alkyl carbamates (subject to hydrolysis) is 1. The Balaban J connectivity index is 1.32. The van der Waals surface area contributed by atoms with Crippen molar-refractivity contribution in [3.63, 3.8) is 0 Å². The zero-order valence-corrected chi connectivity index (χ0v) is 19.1. The van der Waals surface area contributed by atoms with E-state index in [1.54, 1.807) is 0 Å². The second-order valence-corrected chi connectivity index (χ2v) is 9.10. The van der Waals surface area contributed by atoms with Crippen LogP contribution in [0.2, 0.25) is 0 Å². The highest BCUT2D eigenvalue weighted by Gasteiger charge is 2.33. The summed E-state index contributed by atoms with van der Waals surface area (Å²) in [5, 5.41) is 24.1. The molecule has 1 saturated carbocycles. The first-order valence-corrected chi connectivity index (χ1v) is 11.7. The molecule has 0 spiro atoms. The van der Waals surface area contributed by atoms with Crippen LogP contribution in [0.1, 0.15) is 49.7 Å². The fourth-order valence-corrected chi connectivity index (χ4v) is 5.03. The molecule has 2 aliphatic rings. The van der Waals surface area contributed by atoms with Gasteiger partial charge in [-0.3, -0.25) is 4.79 Å². The average molecular weight is 467 g/mol. The van der Waals surface area contributed by atoms with Crippen LogP contribution in [0, 0.1) is 5.92 Å². The Kier molecular flexibility index (Phi) is 7.17. The van der Waals surface area contributed by atoms with Gasteiger partial charge < -0.3 is 25.6 Å². The molecule has 0 radical (unpaired) electrons. The van der Waals surface area contributed by atoms with Gasteiger partial charge in [0.05, 0.1) is 6.10 Å². The van der Waals surface area contributed by atoms with E-state index in [4.69, 9.17) is 4.74 Å². The summed E-state index contributed by atoms with van der Waals surface area (Å²) < 4.78 is 5.60. The Morgan fingerprint density at radius 2 is 1.65 bits per heavy atom. The van der Waals surface area contributed by atoms with Crippen molar-refractivity contribution in [2.24, 2.45) is 5.92 Å². The number of carboxylic acids is 1. The minimum Gasteiger partial charge on any atom is -0.480 e. The number of benzene rings is 2. The van der Waals surface area contributed by atoms with Crippen molar-refractivity contribution < 1.29 is 29.3 Å². The van der Waals surface area contributed by atoms with E-state index in [9.17, 15) is 24.6 Å². The number of rotatable bonds is 7. The van der Waals surface area contributed by atoms with E-state index in [0.29, 0.717) is 19.3 Å².